The van der Waals surface area contributed by atoms with Crippen LogP contribution in [0.4, 0.5) is 13.2 Å². The average Bonchev–Trinajstić information content (AvgIpc) is 2.36. The number of hydrogen-bond donors (Lipinski definition) is 2. The minimum Gasteiger partial charge on any atom is -0.383 e. The van der Waals surface area contributed by atoms with E-state index in [2.05, 4.69) is 0 Å². The van der Waals surface area contributed by atoms with Crippen molar-refractivity contribution in [2.24, 2.45) is 5.73 Å². The Hall–Kier alpha value is -2.08. The number of alkyl halides is 3. The summed E-state index contributed by atoms with van der Waals surface area (Å²) in [5, 5.41) is 10.3. The van der Waals surface area contributed by atoms with Crippen molar-refractivity contribution in [3.05, 3.63) is 47.5 Å². The highest BCUT2D eigenvalue weighted by molar-refractivity contribution is 6.07. The molecule has 2 aromatic rings. The molecule has 0 radical (unpaired) electrons. The summed E-state index contributed by atoms with van der Waals surface area (Å²) in [7, 11) is 0. The van der Waals surface area contributed by atoms with Crippen LogP contribution in [0.3, 0.4) is 0 Å². The first-order valence-corrected chi connectivity index (χ1v) is 5.86. The number of aliphatic hydroxyl groups excluding tert-OH is 1. The first-order chi connectivity index (χ1) is 9.30. The van der Waals surface area contributed by atoms with Crippen molar-refractivity contribution in [2.45, 2.75) is 18.7 Å². The third-order valence-electron chi connectivity index (χ3n) is 3.05. The standard InChI is InChI=1S/C14H12F3NO2/c15-14(16,17)11(19)7-9-6-5-8-3-1-2-4-10(8)12(9)13(18)20/h1-6,11,19H,7H2,(H2,18,20). The number of hydrogen-bond acceptors (Lipinski definition) is 2. The molecule has 0 aliphatic carbocycles. The number of rotatable bonds is 3. The van der Waals surface area contributed by atoms with Crippen LogP contribution in [0.2, 0.25) is 0 Å². The summed E-state index contributed by atoms with van der Waals surface area (Å²) >= 11 is 0. The summed E-state index contributed by atoms with van der Waals surface area (Å²) in [5.74, 6) is -0.814. The van der Waals surface area contributed by atoms with E-state index >= 15 is 0 Å². The van der Waals surface area contributed by atoms with Crippen molar-refractivity contribution in [3.8, 4) is 0 Å². The molecule has 2 rings (SSSR count). The minimum atomic E-state index is -4.74. The summed E-state index contributed by atoms with van der Waals surface area (Å²) in [6.45, 7) is 0. The van der Waals surface area contributed by atoms with E-state index < -0.39 is 24.6 Å². The van der Waals surface area contributed by atoms with Crippen molar-refractivity contribution in [2.75, 3.05) is 0 Å². The van der Waals surface area contributed by atoms with Gasteiger partial charge in [0.15, 0.2) is 6.10 Å². The highest BCUT2D eigenvalue weighted by Crippen LogP contribution is 2.27. The van der Waals surface area contributed by atoms with Crippen LogP contribution in [0.25, 0.3) is 10.8 Å². The van der Waals surface area contributed by atoms with Crippen molar-refractivity contribution in [1.82, 2.24) is 0 Å². The van der Waals surface area contributed by atoms with E-state index in [0.29, 0.717) is 10.8 Å². The number of halogens is 3. The monoisotopic (exact) mass is 283 g/mol. The lowest BCUT2D eigenvalue weighted by atomic mass is 9.95. The lowest BCUT2D eigenvalue weighted by molar-refractivity contribution is -0.203. The maximum Gasteiger partial charge on any atom is 0.414 e. The van der Waals surface area contributed by atoms with Gasteiger partial charge in [-0.15, -0.1) is 0 Å². The fourth-order valence-corrected chi connectivity index (χ4v) is 2.10. The fraction of sp³-hybridized carbons (Fsp3) is 0.214. The molecule has 0 saturated carbocycles. The predicted molar refractivity (Wildman–Crippen MR) is 68.2 cm³/mol. The molecule has 0 spiro atoms. The number of nitrogens with two attached hydrogens (primary N) is 1. The van der Waals surface area contributed by atoms with E-state index in [1.165, 1.54) is 6.07 Å². The lowest BCUT2D eigenvalue weighted by Crippen LogP contribution is -2.31. The Morgan fingerprint density at radius 2 is 1.85 bits per heavy atom. The number of carbonyl (C=O) groups excluding carboxylic acids is 1. The van der Waals surface area contributed by atoms with Gasteiger partial charge in [0.2, 0.25) is 5.91 Å². The predicted octanol–water partition coefficient (Wildman–Crippen LogP) is 2.40. The number of aliphatic hydroxyl groups is 1. The van der Waals surface area contributed by atoms with Gasteiger partial charge in [0, 0.05) is 6.42 Å². The number of primary amides is 1. The first kappa shape index (κ1) is 14.3. The molecular formula is C14H12F3NO2. The summed E-state index contributed by atoms with van der Waals surface area (Å²) in [6, 6.07) is 9.73. The highest BCUT2D eigenvalue weighted by Gasteiger charge is 2.38. The van der Waals surface area contributed by atoms with E-state index in [0.717, 1.165) is 0 Å². The zero-order chi connectivity index (χ0) is 14.9. The molecule has 20 heavy (non-hydrogen) atoms. The van der Waals surface area contributed by atoms with Crippen molar-refractivity contribution in [3.63, 3.8) is 0 Å². The zero-order valence-corrected chi connectivity index (χ0v) is 10.3. The maximum absolute atomic E-state index is 12.4. The molecule has 1 unspecified atom stereocenters. The molecule has 0 bridgehead atoms. The molecule has 0 aliphatic rings. The van der Waals surface area contributed by atoms with Gasteiger partial charge in [0.1, 0.15) is 0 Å². The number of fused-ring (bicyclic) bond motifs is 1. The van der Waals surface area contributed by atoms with Gasteiger partial charge in [-0.25, -0.2) is 0 Å². The van der Waals surface area contributed by atoms with Crippen LogP contribution in [0.15, 0.2) is 36.4 Å². The van der Waals surface area contributed by atoms with Gasteiger partial charge in [-0.05, 0) is 16.3 Å². The minimum absolute atomic E-state index is 0.0198. The fourth-order valence-electron chi connectivity index (χ4n) is 2.10. The molecule has 6 heteroatoms. The van der Waals surface area contributed by atoms with Crippen LogP contribution < -0.4 is 5.73 Å². The molecule has 1 amide bonds. The third-order valence-corrected chi connectivity index (χ3v) is 3.05. The van der Waals surface area contributed by atoms with Gasteiger partial charge in [-0.3, -0.25) is 4.79 Å². The van der Waals surface area contributed by atoms with Crippen LogP contribution in [0.1, 0.15) is 15.9 Å². The Morgan fingerprint density at radius 3 is 2.45 bits per heavy atom. The van der Waals surface area contributed by atoms with Gasteiger partial charge in [-0.2, -0.15) is 13.2 Å². The molecule has 0 aliphatic heterocycles. The summed E-state index contributed by atoms with van der Waals surface area (Å²) in [6.07, 6.45) is -7.96. The van der Waals surface area contributed by atoms with Gasteiger partial charge in [0.25, 0.3) is 0 Å². The molecule has 3 N–H and O–H groups in total. The van der Waals surface area contributed by atoms with Crippen LogP contribution in [-0.2, 0) is 6.42 Å². The number of benzene rings is 2. The largest absolute Gasteiger partial charge is 0.414 e. The zero-order valence-electron chi connectivity index (χ0n) is 10.3. The quantitative estimate of drug-likeness (QED) is 0.908. The molecular weight excluding hydrogens is 271 g/mol. The molecule has 0 aromatic heterocycles. The van der Waals surface area contributed by atoms with Crippen LogP contribution >= 0.6 is 0 Å². The van der Waals surface area contributed by atoms with Crippen LogP contribution in [0, 0.1) is 0 Å². The first-order valence-electron chi connectivity index (χ1n) is 5.86. The lowest BCUT2D eigenvalue weighted by Gasteiger charge is -2.17. The van der Waals surface area contributed by atoms with Gasteiger partial charge >= 0.3 is 6.18 Å². The summed E-state index contributed by atoms with van der Waals surface area (Å²) < 4.78 is 37.2. The Morgan fingerprint density at radius 1 is 1.20 bits per heavy atom. The van der Waals surface area contributed by atoms with E-state index in [4.69, 9.17) is 10.8 Å². The number of carbonyl (C=O) groups is 1. The second kappa shape index (κ2) is 5.13. The smallest absolute Gasteiger partial charge is 0.383 e. The molecule has 3 nitrogen and oxygen atoms in total. The SMILES string of the molecule is NC(=O)c1c(CC(O)C(F)(F)F)ccc2ccccc12. The molecule has 0 saturated heterocycles. The van der Waals surface area contributed by atoms with Crippen LogP contribution in [0.5, 0.6) is 0 Å². The van der Waals surface area contributed by atoms with Gasteiger partial charge in [-0.1, -0.05) is 36.4 Å². The van der Waals surface area contributed by atoms with Crippen LogP contribution in [-0.4, -0.2) is 23.3 Å². The summed E-state index contributed by atoms with van der Waals surface area (Å²) in [4.78, 5) is 11.5. The molecule has 0 fully saturated rings. The Balaban J connectivity index is 2.54. The summed E-state index contributed by atoms with van der Waals surface area (Å²) in [5.41, 5.74) is 5.37. The molecule has 2 aromatic carbocycles. The molecule has 1 atom stereocenters. The van der Waals surface area contributed by atoms with Crippen molar-refractivity contribution in [1.29, 1.82) is 0 Å². The Labute approximate surface area is 112 Å². The highest BCUT2D eigenvalue weighted by atomic mass is 19.4. The van der Waals surface area contributed by atoms with Crippen molar-refractivity contribution < 1.29 is 23.1 Å². The average molecular weight is 283 g/mol. The second-order valence-electron chi connectivity index (χ2n) is 4.45. The normalized spacial score (nSPS) is 13.4. The number of amides is 1. The Kier molecular flexibility index (Phi) is 3.67. The van der Waals surface area contributed by atoms with E-state index in [-0.39, 0.29) is 11.1 Å². The van der Waals surface area contributed by atoms with E-state index in [9.17, 15) is 18.0 Å². The molecule has 0 heterocycles. The van der Waals surface area contributed by atoms with E-state index in [1.54, 1.807) is 30.3 Å². The Bertz CT molecular complexity index is 652. The van der Waals surface area contributed by atoms with Gasteiger partial charge < -0.3 is 10.8 Å². The third kappa shape index (κ3) is 2.75. The maximum atomic E-state index is 12.4. The van der Waals surface area contributed by atoms with E-state index in [1.807, 2.05) is 0 Å². The molecule has 106 valence electrons. The van der Waals surface area contributed by atoms with Gasteiger partial charge in [0.05, 0.1) is 5.56 Å². The van der Waals surface area contributed by atoms with Crippen molar-refractivity contribution >= 4 is 16.7 Å². The second-order valence-corrected chi connectivity index (χ2v) is 4.45. The topological polar surface area (TPSA) is 63.3 Å².